The van der Waals surface area contributed by atoms with Crippen LogP contribution < -0.4 is 5.32 Å². The number of hydrogen-bond donors (Lipinski definition) is 1. The van der Waals surface area contributed by atoms with Crippen molar-refractivity contribution in [1.29, 1.82) is 5.26 Å². The first-order valence-corrected chi connectivity index (χ1v) is 5.54. The second-order valence-corrected chi connectivity index (χ2v) is 3.83. The average molecular weight is 236 g/mol. The van der Waals surface area contributed by atoms with Crippen LogP contribution in [-0.2, 0) is 9.53 Å². The number of benzene rings is 1. The Kier molecular flexibility index (Phi) is 5.23. The number of thiocyanates is 1. The maximum Gasteiger partial charge on any atom is 0.307 e. The summed E-state index contributed by atoms with van der Waals surface area (Å²) >= 11 is 1.12. The van der Waals surface area contributed by atoms with E-state index >= 15 is 0 Å². The minimum Gasteiger partial charge on any atom is -0.469 e. The monoisotopic (exact) mass is 236 g/mol. The Hall–Kier alpha value is -1.67. The van der Waals surface area contributed by atoms with Crippen molar-refractivity contribution in [3.63, 3.8) is 0 Å². The zero-order valence-electron chi connectivity index (χ0n) is 8.90. The van der Waals surface area contributed by atoms with Crippen molar-refractivity contribution < 1.29 is 9.53 Å². The van der Waals surface area contributed by atoms with Gasteiger partial charge in [0.2, 0.25) is 0 Å². The number of nitrogens with zero attached hydrogens (tertiary/aromatic N) is 1. The predicted octanol–water partition coefficient (Wildman–Crippen LogP) is 2.23. The Morgan fingerprint density at radius 3 is 2.75 bits per heavy atom. The SMILES string of the molecule is COC(=O)CCNc1ccc(SC#N)cc1. The van der Waals surface area contributed by atoms with E-state index in [1.54, 1.807) is 0 Å². The van der Waals surface area contributed by atoms with Gasteiger partial charge < -0.3 is 10.1 Å². The Balaban J connectivity index is 2.38. The van der Waals surface area contributed by atoms with Gasteiger partial charge in [0.05, 0.1) is 13.5 Å². The molecule has 5 heteroatoms. The Morgan fingerprint density at radius 1 is 1.50 bits per heavy atom. The summed E-state index contributed by atoms with van der Waals surface area (Å²) in [5.41, 5.74) is 0.922. The van der Waals surface area contributed by atoms with Gasteiger partial charge in [-0.1, -0.05) is 0 Å². The molecular formula is C11H12N2O2S. The topological polar surface area (TPSA) is 62.1 Å². The molecule has 0 unspecified atom stereocenters. The van der Waals surface area contributed by atoms with Crippen molar-refractivity contribution in [2.45, 2.75) is 11.3 Å². The molecule has 0 aliphatic rings. The number of rotatable bonds is 5. The van der Waals surface area contributed by atoms with E-state index < -0.39 is 0 Å². The van der Waals surface area contributed by atoms with Gasteiger partial charge >= 0.3 is 5.97 Å². The largest absolute Gasteiger partial charge is 0.469 e. The Labute approximate surface area is 98.6 Å². The van der Waals surface area contributed by atoms with E-state index in [0.29, 0.717) is 13.0 Å². The van der Waals surface area contributed by atoms with Crippen LogP contribution in [0.3, 0.4) is 0 Å². The quantitative estimate of drug-likeness (QED) is 0.482. The zero-order chi connectivity index (χ0) is 11.8. The van der Waals surface area contributed by atoms with Crippen molar-refractivity contribution in [3.05, 3.63) is 24.3 Å². The molecule has 16 heavy (non-hydrogen) atoms. The lowest BCUT2D eigenvalue weighted by atomic mass is 10.3. The summed E-state index contributed by atoms with van der Waals surface area (Å²) in [6, 6.07) is 7.45. The highest BCUT2D eigenvalue weighted by molar-refractivity contribution is 8.03. The molecule has 0 aliphatic heterocycles. The van der Waals surface area contributed by atoms with Gasteiger partial charge in [0.1, 0.15) is 5.40 Å². The lowest BCUT2D eigenvalue weighted by Crippen LogP contribution is -2.09. The normalized spacial score (nSPS) is 9.25. The summed E-state index contributed by atoms with van der Waals surface area (Å²) < 4.78 is 4.52. The second kappa shape index (κ2) is 6.75. The molecule has 0 saturated carbocycles. The van der Waals surface area contributed by atoms with Gasteiger partial charge in [-0.15, -0.1) is 0 Å². The van der Waals surface area contributed by atoms with E-state index in [9.17, 15) is 4.79 Å². The van der Waals surface area contributed by atoms with Gasteiger partial charge in [-0.2, -0.15) is 5.26 Å². The summed E-state index contributed by atoms with van der Waals surface area (Å²) in [6.45, 7) is 0.539. The molecule has 0 amide bonds. The zero-order valence-corrected chi connectivity index (χ0v) is 9.71. The van der Waals surface area contributed by atoms with Gasteiger partial charge in [-0.25, -0.2) is 0 Å². The fraction of sp³-hybridized carbons (Fsp3) is 0.273. The molecule has 0 fully saturated rings. The van der Waals surface area contributed by atoms with Crippen LogP contribution in [0.25, 0.3) is 0 Å². The van der Waals surface area contributed by atoms with Crippen LogP contribution in [0.15, 0.2) is 29.2 Å². The number of hydrogen-bond acceptors (Lipinski definition) is 5. The third kappa shape index (κ3) is 4.24. The molecule has 4 nitrogen and oxygen atoms in total. The number of ether oxygens (including phenoxy) is 1. The molecular weight excluding hydrogens is 224 g/mol. The van der Waals surface area contributed by atoms with Crippen molar-refractivity contribution >= 4 is 23.4 Å². The first kappa shape index (κ1) is 12.4. The van der Waals surface area contributed by atoms with Crippen LogP contribution >= 0.6 is 11.8 Å². The van der Waals surface area contributed by atoms with E-state index in [4.69, 9.17) is 5.26 Å². The van der Waals surface area contributed by atoms with Gasteiger partial charge in [-0.3, -0.25) is 4.79 Å². The number of carbonyl (C=O) groups excluding carboxylic acids is 1. The summed E-state index contributed by atoms with van der Waals surface area (Å²) in [7, 11) is 1.37. The molecule has 1 aromatic carbocycles. The van der Waals surface area contributed by atoms with Crippen molar-refractivity contribution in [2.24, 2.45) is 0 Å². The Morgan fingerprint density at radius 2 is 2.19 bits per heavy atom. The molecule has 1 N–H and O–H groups in total. The Bertz CT molecular complexity index is 384. The lowest BCUT2D eigenvalue weighted by Gasteiger charge is -2.05. The second-order valence-electron chi connectivity index (χ2n) is 2.97. The third-order valence-corrected chi connectivity index (χ3v) is 2.50. The number of esters is 1. The molecule has 1 rings (SSSR count). The molecule has 0 bridgehead atoms. The fourth-order valence-electron chi connectivity index (χ4n) is 1.10. The summed E-state index contributed by atoms with van der Waals surface area (Å²) in [4.78, 5) is 11.7. The third-order valence-electron chi connectivity index (χ3n) is 1.90. The van der Waals surface area contributed by atoms with Crippen molar-refractivity contribution in [2.75, 3.05) is 19.0 Å². The first-order chi connectivity index (χ1) is 7.76. The van der Waals surface area contributed by atoms with E-state index in [1.165, 1.54) is 7.11 Å². The van der Waals surface area contributed by atoms with Crippen LogP contribution in [0.4, 0.5) is 5.69 Å². The van der Waals surface area contributed by atoms with Crippen LogP contribution in [-0.4, -0.2) is 19.6 Å². The van der Waals surface area contributed by atoms with Crippen LogP contribution in [0.2, 0.25) is 0 Å². The van der Waals surface area contributed by atoms with Crippen LogP contribution in [0.5, 0.6) is 0 Å². The highest BCUT2D eigenvalue weighted by atomic mass is 32.2. The van der Waals surface area contributed by atoms with Crippen molar-refractivity contribution in [3.8, 4) is 5.40 Å². The van der Waals surface area contributed by atoms with Gasteiger partial charge in [0.25, 0.3) is 0 Å². The van der Waals surface area contributed by atoms with Crippen LogP contribution in [0, 0.1) is 10.7 Å². The molecule has 0 atom stereocenters. The molecule has 1 aromatic rings. The maximum absolute atomic E-state index is 10.8. The van der Waals surface area contributed by atoms with E-state index in [0.717, 1.165) is 22.3 Å². The highest BCUT2D eigenvalue weighted by Crippen LogP contribution is 2.18. The molecule has 0 saturated heterocycles. The minimum atomic E-state index is -0.232. The van der Waals surface area contributed by atoms with Gasteiger partial charge in [0, 0.05) is 17.1 Å². The van der Waals surface area contributed by atoms with E-state index in [1.807, 2.05) is 29.7 Å². The summed E-state index contributed by atoms with van der Waals surface area (Å²) in [6.07, 6.45) is 0.338. The number of thioether (sulfide) groups is 1. The van der Waals surface area contributed by atoms with Gasteiger partial charge in [-0.05, 0) is 36.0 Å². The molecule has 0 aromatic heterocycles. The number of methoxy groups -OCH3 is 1. The molecule has 0 aliphatic carbocycles. The molecule has 0 radical (unpaired) electrons. The summed E-state index contributed by atoms with van der Waals surface area (Å²) in [5.74, 6) is -0.232. The van der Waals surface area contributed by atoms with Gasteiger partial charge in [0.15, 0.2) is 0 Å². The predicted molar refractivity (Wildman–Crippen MR) is 63.0 cm³/mol. The van der Waals surface area contributed by atoms with E-state index in [2.05, 4.69) is 10.1 Å². The number of nitrogens with one attached hydrogen (secondary N) is 1. The fourth-order valence-corrected chi connectivity index (χ4v) is 1.48. The first-order valence-electron chi connectivity index (χ1n) is 4.73. The summed E-state index contributed by atoms with van der Waals surface area (Å²) in [5, 5.41) is 13.6. The van der Waals surface area contributed by atoms with Crippen LogP contribution in [0.1, 0.15) is 6.42 Å². The van der Waals surface area contributed by atoms with E-state index in [-0.39, 0.29) is 5.97 Å². The molecule has 0 spiro atoms. The standard InChI is InChI=1S/C11H12N2O2S/c1-15-11(14)6-7-13-9-2-4-10(5-3-9)16-8-12/h2-5,13H,6-7H2,1H3. The minimum absolute atomic E-state index is 0.232. The number of nitriles is 1. The smallest absolute Gasteiger partial charge is 0.307 e. The maximum atomic E-state index is 10.8. The molecule has 0 heterocycles. The van der Waals surface area contributed by atoms with Crippen molar-refractivity contribution in [1.82, 2.24) is 0 Å². The lowest BCUT2D eigenvalue weighted by molar-refractivity contribution is -0.140. The average Bonchev–Trinajstić information content (AvgIpc) is 2.31. The number of carbonyl (C=O) groups is 1. The number of anilines is 1. The highest BCUT2D eigenvalue weighted by Gasteiger charge is 1.99. The molecule has 84 valence electrons.